The van der Waals surface area contributed by atoms with Gasteiger partial charge in [0.15, 0.2) is 0 Å². The van der Waals surface area contributed by atoms with E-state index in [1.807, 2.05) is 0 Å². The fourth-order valence-electron chi connectivity index (χ4n) is 9.15. The van der Waals surface area contributed by atoms with Gasteiger partial charge < -0.3 is 9.80 Å². The number of para-hydroxylation sites is 1. The van der Waals surface area contributed by atoms with Gasteiger partial charge in [-0.25, -0.2) is 0 Å². The van der Waals surface area contributed by atoms with E-state index in [4.69, 9.17) is 0 Å². The molecule has 0 unspecified atom stereocenters. The predicted molar refractivity (Wildman–Crippen MR) is 263 cm³/mol. The van der Waals surface area contributed by atoms with Crippen LogP contribution in [0.5, 0.6) is 0 Å². The van der Waals surface area contributed by atoms with E-state index in [9.17, 15) is 0 Å². The highest BCUT2D eigenvalue weighted by molar-refractivity contribution is 6.69. The van der Waals surface area contributed by atoms with E-state index in [1.165, 1.54) is 90.6 Å². The molecule has 7 aromatic carbocycles. The molecule has 0 aliphatic heterocycles. The average molecular weight is 734 g/mol. The third-order valence-corrected chi connectivity index (χ3v) is 13.1. The number of rotatable bonds is 8. The van der Waals surface area contributed by atoms with Crippen molar-refractivity contribution in [3.63, 3.8) is 0 Å². The van der Waals surface area contributed by atoms with Crippen molar-refractivity contribution >= 4 is 101 Å². The highest BCUT2D eigenvalue weighted by atomic mass is 15.2. The molecule has 0 radical (unpaired) electrons. The van der Waals surface area contributed by atoms with Crippen LogP contribution in [-0.2, 0) is 10.8 Å². The summed E-state index contributed by atoms with van der Waals surface area (Å²) in [5.74, 6) is 0. The van der Waals surface area contributed by atoms with E-state index in [0.717, 1.165) is 17.1 Å². The minimum atomic E-state index is 0.0705. The van der Waals surface area contributed by atoms with E-state index in [1.54, 1.807) is 0 Å². The Bertz CT molecular complexity index is 2520. The van der Waals surface area contributed by atoms with E-state index >= 15 is 0 Å². The molecule has 0 saturated carbocycles. The highest BCUT2D eigenvalue weighted by Gasteiger charge is 2.39. The summed E-state index contributed by atoms with van der Waals surface area (Å²) in [4.78, 5) is 4.92. The molecule has 2 nitrogen and oxygen atoms in total. The maximum Gasteiger partial charge on any atom is 0.141 e. The van der Waals surface area contributed by atoms with E-state index in [-0.39, 0.29) is 10.8 Å². The minimum Gasteiger partial charge on any atom is -0.312 e. The number of benzene rings is 7. The first-order chi connectivity index (χ1) is 27.4. The Labute approximate surface area is 345 Å². The molecular weight excluding hydrogens is 683 g/mol. The van der Waals surface area contributed by atoms with Crippen molar-refractivity contribution in [1.82, 2.24) is 0 Å². The summed E-state index contributed by atoms with van der Waals surface area (Å²) in [7, 11) is 11.3. The molecule has 0 fully saturated rings. The molecule has 1 aliphatic carbocycles. The number of fused-ring (bicyclic) bond motifs is 1. The van der Waals surface area contributed by atoms with Gasteiger partial charge in [-0.2, -0.15) is 0 Å². The summed E-state index contributed by atoms with van der Waals surface area (Å²) in [6.07, 6.45) is 2.36. The van der Waals surface area contributed by atoms with Crippen molar-refractivity contribution in [2.24, 2.45) is 0 Å². The van der Waals surface area contributed by atoms with Crippen molar-refractivity contribution in [2.45, 2.75) is 51.4 Å². The quantitative estimate of drug-likeness (QED) is 0.188. The van der Waals surface area contributed by atoms with Crippen LogP contribution in [0.1, 0.15) is 51.7 Å². The molecule has 0 N–H and O–H groups in total. The molecule has 7 aromatic rings. The first kappa shape index (κ1) is 38.3. The normalized spacial score (nSPS) is 14.1. The van der Waals surface area contributed by atoms with Crippen LogP contribution in [0.15, 0.2) is 152 Å². The van der Waals surface area contributed by atoms with Gasteiger partial charge in [0.1, 0.15) is 39.2 Å². The summed E-state index contributed by atoms with van der Waals surface area (Å²) in [5.41, 5.74) is 21.8. The lowest BCUT2D eigenvalue weighted by Gasteiger charge is -2.44. The summed E-state index contributed by atoms with van der Waals surface area (Å²) >= 11 is 0. The molecular formula is C50H51B5N2. The van der Waals surface area contributed by atoms with Gasteiger partial charge in [0.2, 0.25) is 0 Å². The van der Waals surface area contributed by atoms with Crippen LogP contribution in [0.4, 0.5) is 34.1 Å². The minimum absolute atomic E-state index is 0.0705. The first-order valence-electron chi connectivity index (χ1n) is 20.6. The molecule has 0 saturated heterocycles. The number of anilines is 6. The number of hydrogen-bond donors (Lipinski definition) is 0. The zero-order valence-electron chi connectivity index (χ0n) is 35.2. The van der Waals surface area contributed by atoms with E-state index in [0.29, 0.717) is 0 Å². The fraction of sp³-hybridized carbons (Fsp3) is 0.160. The van der Waals surface area contributed by atoms with Crippen LogP contribution in [0.25, 0.3) is 22.3 Å². The average Bonchev–Trinajstić information content (AvgIpc) is 3.24. The molecule has 57 heavy (non-hydrogen) atoms. The van der Waals surface area contributed by atoms with Crippen LogP contribution in [0.2, 0.25) is 0 Å². The van der Waals surface area contributed by atoms with Gasteiger partial charge in [-0.3, -0.25) is 0 Å². The molecule has 0 bridgehead atoms. The molecule has 276 valence electrons. The lowest BCUT2D eigenvalue weighted by atomic mass is 9.61. The molecule has 0 heterocycles. The number of hydrogen-bond acceptors (Lipinski definition) is 2. The van der Waals surface area contributed by atoms with Crippen LogP contribution in [0.3, 0.4) is 0 Å². The van der Waals surface area contributed by atoms with Crippen molar-refractivity contribution < 1.29 is 0 Å². The van der Waals surface area contributed by atoms with Gasteiger partial charge in [-0.1, -0.05) is 147 Å². The van der Waals surface area contributed by atoms with E-state index in [2.05, 4.69) is 228 Å². The Morgan fingerprint density at radius 3 is 1.25 bits per heavy atom. The third kappa shape index (κ3) is 7.07. The Balaban J connectivity index is 1.18. The van der Waals surface area contributed by atoms with Gasteiger partial charge in [0.05, 0.1) is 5.69 Å². The largest absolute Gasteiger partial charge is 0.312 e. The van der Waals surface area contributed by atoms with Crippen LogP contribution < -0.4 is 37.1 Å². The molecule has 8 rings (SSSR count). The van der Waals surface area contributed by atoms with E-state index < -0.39 is 0 Å². The third-order valence-electron chi connectivity index (χ3n) is 13.1. The zero-order chi connectivity index (χ0) is 40.1. The van der Waals surface area contributed by atoms with Crippen molar-refractivity contribution in [3.05, 3.63) is 163 Å². The van der Waals surface area contributed by atoms with Crippen LogP contribution >= 0.6 is 0 Å². The van der Waals surface area contributed by atoms with Gasteiger partial charge in [0, 0.05) is 28.4 Å². The standard InChI is InChI=1S/C50H51B5N2/c1-49(2)30-31-50(3,4)42-40(49)16-11-17-41(42)56(36-14-9-6-10-15-36)37-24-18-34(19-25-37)35-22-28-39(29-23-35)57(48-46(54)44(52)43(51)45(53)47(48)55)38-26-20-33(21-27-38)32-12-7-5-8-13-32/h5-29H,30-31,51-55H2,1-4H3. The van der Waals surface area contributed by atoms with Crippen molar-refractivity contribution in [2.75, 3.05) is 9.80 Å². The molecule has 7 heteroatoms. The maximum atomic E-state index is 2.46. The second-order valence-corrected chi connectivity index (χ2v) is 17.5. The number of nitrogens with zero attached hydrogens (tertiary/aromatic N) is 2. The van der Waals surface area contributed by atoms with Crippen LogP contribution in [-0.4, -0.2) is 39.2 Å². The Kier molecular flexibility index (Phi) is 10.1. The lowest BCUT2D eigenvalue weighted by molar-refractivity contribution is 0.332. The summed E-state index contributed by atoms with van der Waals surface area (Å²) in [6.45, 7) is 9.66. The Morgan fingerprint density at radius 2 is 0.754 bits per heavy atom. The highest BCUT2D eigenvalue weighted by Crippen LogP contribution is 2.51. The molecule has 0 atom stereocenters. The van der Waals surface area contributed by atoms with Crippen LogP contribution in [0, 0.1) is 0 Å². The van der Waals surface area contributed by atoms with Crippen molar-refractivity contribution in [3.8, 4) is 22.3 Å². The second kappa shape index (κ2) is 15.1. The summed E-state index contributed by atoms with van der Waals surface area (Å²) < 4.78 is 0. The zero-order valence-corrected chi connectivity index (χ0v) is 35.2. The smallest absolute Gasteiger partial charge is 0.141 e. The first-order valence-corrected chi connectivity index (χ1v) is 20.6. The van der Waals surface area contributed by atoms with Gasteiger partial charge in [-0.05, 0) is 112 Å². The fourth-order valence-corrected chi connectivity index (χ4v) is 9.15. The Morgan fingerprint density at radius 1 is 0.368 bits per heavy atom. The second-order valence-electron chi connectivity index (χ2n) is 17.5. The predicted octanol–water partition coefficient (Wildman–Crippen LogP) is 5.60. The molecule has 0 spiro atoms. The monoisotopic (exact) mass is 734 g/mol. The SMILES string of the molecule is Bc1c(B)c(B)c(N(c2ccc(-c3ccccc3)cc2)c2ccc(-c3ccc(N(c4ccccc4)c4cccc5c4C(C)(C)CCC5(C)C)cc3)cc2)c(B)c1B. The molecule has 0 aromatic heterocycles. The molecule has 0 amide bonds. The topological polar surface area (TPSA) is 6.48 Å². The summed E-state index contributed by atoms with van der Waals surface area (Å²) in [6, 6.07) is 55.7. The maximum absolute atomic E-state index is 2.46. The van der Waals surface area contributed by atoms with Gasteiger partial charge in [0.25, 0.3) is 0 Å². The summed E-state index contributed by atoms with van der Waals surface area (Å²) in [5, 5.41) is 0. The van der Waals surface area contributed by atoms with Gasteiger partial charge in [-0.15, -0.1) is 5.46 Å². The molecule has 1 aliphatic rings. The van der Waals surface area contributed by atoms with Crippen molar-refractivity contribution in [1.29, 1.82) is 0 Å². The lowest BCUT2D eigenvalue weighted by Crippen LogP contribution is -2.56. The van der Waals surface area contributed by atoms with Gasteiger partial charge >= 0.3 is 0 Å². The Hall–Kier alpha value is -5.54.